The van der Waals surface area contributed by atoms with Crippen molar-refractivity contribution in [1.29, 1.82) is 0 Å². The molecule has 3 rings (SSSR count). The summed E-state index contributed by atoms with van der Waals surface area (Å²) in [6.07, 6.45) is 5.63. The standard InChI is InChI=1S/C19H25NO3S/c1-23-17-5-3-2-4-16(17)18(22)20-13-19(14-8-11-24-12-14)9-6-15(21)7-10-19/h2-5,8,11,14-15,21H,6-7,9-10,12-13H2,1H3,(H,20,22)/t14?,15-,19-. The molecule has 1 atom stereocenters. The van der Waals surface area contributed by atoms with Gasteiger partial charge in [0.1, 0.15) is 5.75 Å². The average molecular weight is 347 g/mol. The van der Waals surface area contributed by atoms with Crippen LogP contribution >= 0.6 is 11.8 Å². The van der Waals surface area contributed by atoms with Gasteiger partial charge in [-0.05, 0) is 54.6 Å². The number of benzene rings is 1. The Morgan fingerprint density at radius 1 is 1.38 bits per heavy atom. The van der Waals surface area contributed by atoms with Crippen molar-refractivity contribution in [3.8, 4) is 5.75 Å². The Morgan fingerprint density at radius 3 is 2.79 bits per heavy atom. The largest absolute Gasteiger partial charge is 0.496 e. The Morgan fingerprint density at radius 2 is 2.12 bits per heavy atom. The van der Waals surface area contributed by atoms with Gasteiger partial charge in [0.2, 0.25) is 0 Å². The first kappa shape index (κ1) is 17.4. The number of hydrogen-bond donors (Lipinski definition) is 2. The number of aliphatic hydroxyl groups is 1. The molecule has 4 nitrogen and oxygen atoms in total. The van der Waals surface area contributed by atoms with E-state index in [1.54, 1.807) is 19.2 Å². The topological polar surface area (TPSA) is 58.6 Å². The fraction of sp³-hybridized carbons (Fsp3) is 0.526. The predicted octanol–water partition coefficient (Wildman–Crippen LogP) is 3.22. The van der Waals surface area contributed by atoms with E-state index in [0.717, 1.165) is 31.4 Å². The fourth-order valence-electron chi connectivity index (χ4n) is 3.79. The van der Waals surface area contributed by atoms with Crippen molar-refractivity contribution in [2.75, 3.05) is 19.4 Å². The molecule has 130 valence electrons. The molecule has 1 aliphatic heterocycles. The minimum absolute atomic E-state index is 0.0525. The van der Waals surface area contributed by atoms with E-state index >= 15 is 0 Å². The van der Waals surface area contributed by atoms with Gasteiger partial charge >= 0.3 is 0 Å². The number of para-hydroxylation sites is 1. The first-order valence-electron chi connectivity index (χ1n) is 8.52. The number of hydrogen-bond acceptors (Lipinski definition) is 4. The SMILES string of the molecule is COc1ccccc1C(=O)NC[C@]1(C2C=CSC2)CC[C@H](O)CC1. The normalized spacial score (nSPS) is 29.4. The molecule has 2 aliphatic rings. The van der Waals surface area contributed by atoms with Gasteiger partial charge in [-0.25, -0.2) is 0 Å². The molecule has 1 unspecified atom stereocenters. The van der Waals surface area contributed by atoms with Crippen molar-refractivity contribution in [3.63, 3.8) is 0 Å². The Labute approximate surface area is 147 Å². The summed E-state index contributed by atoms with van der Waals surface area (Å²) >= 11 is 1.84. The van der Waals surface area contributed by atoms with Crippen LogP contribution in [0, 0.1) is 11.3 Å². The number of amides is 1. The van der Waals surface area contributed by atoms with E-state index in [1.165, 1.54) is 0 Å². The maximum absolute atomic E-state index is 12.6. The van der Waals surface area contributed by atoms with Crippen LogP contribution in [0.5, 0.6) is 5.75 Å². The van der Waals surface area contributed by atoms with Crippen LogP contribution in [0.1, 0.15) is 36.0 Å². The molecule has 1 aromatic carbocycles. The Balaban J connectivity index is 1.71. The van der Waals surface area contributed by atoms with Crippen LogP contribution in [-0.4, -0.2) is 36.5 Å². The summed E-state index contributed by atoms with van der Waals surface area (Å²) < 4.78 is 5.29. The van der Waals surface area contributed by atoms with Gasteiger partial charge in [-0.1, -0.05) is 18.2 Å². The third-order valence-electron chi connectivity index (χ3n) is 5.37. The number of ether oxygens (including phenoxy) is 1. The van der Waals surface area contributed by atoms with Gasteiger partial charge < -0.3 is 15.2 Å². The number of allylic oxidation sites excluding steroid dienone is 1. The molecular formula is C19H25NO3S. The molecule has 0 radical (unpaired) electrons. The van der Waals surface area contributed by atoms with Crippen LogP contribution in [0.25, 0.3) is 0 Å². The fourth-order valence-corrected chi connectivity index (χ4v) is 4.87. The highest BCUT2D eigenvalue weighted by molar-refractivity contribution is 8.02. The second-order valence-electron chi connectivity index (χ2n) is 6.74. The number of aliphatic hydroxyl groups excluding tert-OH is 1. The van der Waals surface area contributed by atoms with Gasteiger partial charge in [-0.2, -0.15) is 0 Å². The molecule has 1 amide bonds. The molecule has 1 heterocycles. The summed E-state index contributed by atoms with van der Waals surface area (Å²) in [4.78, 5) is 12.6. The molecule has 0 bridgehead atoms. The van der Waals surface area contributed by atoms with E-state index in [0.29, 0.717) is 23.8 Å². The number of nitrogens with one attached hydrogen (secondary N) is 1. The van der Waals surface area contributed by atoms with E-state index in [9.17, 15) is 9.90 Å². The summed E-state index contributed by atoms with van der Waals surface area (Å²) in [5.74, 6) is 2.04. The van der Waals surface area contributed by atoms with E-state index in [-0.39, 0.29) is 17.4 Å². The van der Waals surface area contributed by atoms with Gasteiger partial charge in [0.15, 0.2) is 0 Å². The van der Waals surface area contributed by atoms with Crippen LogP contribution in [0.4, 0.5) is 0 Å². The lowest BCUT2D eigenvalue weighted by molar-refractivity contribution is 0.0421. The smallest absolute Gasteiger partial charge is 0.255 e. The first-order chi connectivity index (χ1) is 11.6. The summed E-state index contributed by atoms with van der Waals surface area (Å²) in [5, 5.41) is 15.2. The van der Waals surface area contributed by atoms with Crippen molar-refractivity contribution >= 4 is 17.7 Å². The average Bonchev–Trinajstić information content (AvgIpc) is 3.16. The van der Waals surface area contributed by atoms with Gasteiger partial charge in [-0.3, -0.25) is 4.79 Å². The molecule has 0 saturated heterocycles. The molecular weight excluding hydrogens is 322 g/mol. The number of rotatable bonds is 5. The lowest BCUT2D eigenvalue weighted by Gasteiger charge is -2.43. The number of thioether (sulfide) groups is 1. The monoisotopic (exact) mass is 347 g/mol. The zero-order valence-electron chi connectivity index (χ0n) is 14.0. The molecule has 0 aromatic heterocycles. The van der Waals surface area contributed by atoms with Crippen LogP contribution in [0.3, 0.4) is 0 Å². The highest BCUT2D eigenvalue weighted by atomic mass is 32.2. The van der Waals surface area contributed by atoms with Gasteiger partial charge in [-0.15, -0.1) is 11.8 Å². The van der Waals surface area contributed by atoms with Crippen LogP contribution in [0.2, 0.25) is 0 Å². The molecule has 1 saturated carbocycles. The molecule has 0 spiro atoms. The van der Waals surface area contributed by atoms with Crippen LogP contribution < -0.4 is 10.1 Å². The molecule has 2 N–H and O–H groups in total. The zero-order valence-corrected chi connectivity index (χ0v) is 14.8. The molecule has 1 fully saturated rings. The van der Waals surface area contributed by atoms with E-state index in [2.05, 4.69) is 16.8 Å². The van der Waals surface area contributed by atoms with Gasteiger partial charge in [0, 0.05) is 12.3 Å². The highest BCUT2D eigenvalue weighted by Crippen LogP contribution is 2.46. The lowest BCUT2D eigenvalue weighted by Crippen LogP contribution is -2.45. The second-order valence-corrected chi connectivity index (χ2v) is 7.68. The number of carbonyl (C=O) groups excluding carboxylic acids is 1. The predicted molar refractivity (Wildman–Crippen MR) is 97.3 cm³/mol. The Kier molecular flexibility index (Phi) is 5.51. The minimum atomic E-state index is -0.193. The summed E-state index contributed by atoms with van der Waals surface area (Å²) in [7, 11) is 1.58. The Bertz CT molecular complexity index is 608. The molecule has 24 heavy (non-hydrogen) atoms. The Hall–Kier alpha value is -1.46. The van der Waals surface area contributed by atoms with Crippen molar-refractivity contribution in [2.45, 2.75) is 31.8 Å². The van der Waals surface area contributed by atoms with Gasteiger partial charge in [0.25, 0.3) is 5.91 Å². The van der Waals surface area contributed by atoms with Crippen LogP contribution in [0.15, 0.2) is 35.7 Å². The third-order valence-corrected chi connectivity index (χ3v) is 6.27. The highest BCUT2D eigenvalue weighted by Gasteiger charge is 2.41. The molecule has 1 aromatic rings. The number of carbonyl (C=O) groups is 1. The third kappa shape index (κ3) is 3.62. The summed E-state index contributed by atoms with van der Waals surface area (Å²) in [5.41, 5.74) is 0.624. The van der Waals surface area contributed by atoms with E-state index in [1.807, 2.05) is 23.9 Å². The molecule has 5 heteroatoms. The number of methoxy groups -OCH3 is 1. The zero-order chi connectivity index (χ0) is 17.0. The quantitative estimate of drug-likeness (QED) is 0.859. The lowest BCUT2D eigenvalue weighted by atomic mass is 9.65. The van der Waals surface area contributed by atoms with E-state index in [4.69, 9.17) is 4.74 Å². The van der Waals surface area contributed by atoms with Crippen molar-refractivity contribution in [3.05, 3.63) is 41.3 Å². The first-order valence-corrected chi connectivity index (χ1v) is 9.57. The van der Waals surface area contributed by atoms with E-state index < -0.39 is 0 Å². The maximum Gasteiger partial charge on any atom is 0.255 e. The van der Waals surface area contributed by atoms with Crippen molar-refractivity contribution in [2.24, 2.45) is 11.3 Å². The van der Waals surface area contributed by atoms with Gasteiger partial charge in [0.05, 0.1) is 18.8 Å². The minimum Gasteiger partial charge on any atom is -0.496 e. The van der Waals surface area contributed by atoms with Crippen molar-refractivity contribution in [1.82, 2.24) is 5.32 Å². The van der Waals surface area contributed by atoms with Crippen LogP contribution in [-0.2, 0) is 0 Å². The summed E-state index contributed by atoms with van der Waals surface area (Å²) in [6.45, 7) is 0.645. The molecule has 1 aliphatic carbocycles. The maximum atomic E-state index is 12.6. The summed E-state index contributed by atoms with van der Waals surface area (Å²) in [6, 6.07) is 7.30. The van der Waals surface area contributed by atoms with Crippen molar-refractivity contribution < 1.29 is 14.6 Å². The second kappa shape index (κ2) is 7.62.